The van der Waals surface area contributed by atoms with Crippen LogP contribution in [-0.4, -0.2) is 11.7 Å². The lowest BCUT2D eigenvalue weighted by Crippen LogP contribution is -2.18. The number of amides is 1. The number of ether oxygens (including phenoxy) is 1. The van der Waals surface area contributed by atoms with Gasteiger partial charge in [-0.1, -0.05) is 69.0 Å². The maximum absolute atomic E-state index is 14.1. The Balaban J connectivity index is 2.02. The fourth-order valence-corrected chi connectivity index (χ4v) is 3.64. The lowest BCUT2D eigenvalue weighted by Gasteiger charge is -2.19. The van der Waals surface area contributed by atoms with Gasteiger partial charge in [-0.15, -0.1) is 0 Å². The Hall–Kier alpha value is -3.61. The quantitative estimate of drug-likeness (QED) is 0.220. The Morgan fingerprint density at radius 2 is 1.49 bits per heavy atom. The van der Waals surface area contributed by atoms with Gasteiger partial charge in [0.25, 0.3) is 5.91 Å². The summed E-state index contributed by atoms with van der Waals surface area (Å²) < 4.78 is 48.0. The van der Waals surface area contributed by atoms with Crippen LogP contribution in [0.15, 0.2) is 72.8 Å². The van der Waals surface area contributed by atoms with Crippen LogP contribution in [0.25, 0.3) is 0 Å². The molecular weight excluding hydrogens is 455 g/mol. The second-order valence-corrected chi connectivity index (χ2v) is 8.22. The fraction of sp³-hybridized carbons (Fsp3) is 0.286. The number of unbranched alkanes of at least 4 members (excludes halogenated alkanes) is 4. The molecule has 0 atom stereocenters. The number of hydrogen-bond acceptors (Lipinski definition) is 3. The molecule has 0 aromatic heterocycles. The first-order chi connectivity index (χ1) is 16.8. The summed E-state index contributed by atoms with van der Waals surface area (Å²) in [5.41, 5.74) is -1.28. The van der Waals surface area contributed by atoms with Gasteiger partial charge in [0.2, 0.25) is 0 Å². The molecule has 0 fully saturated rings. The molecule has 35 heavy (non-hydrogen) atoms. The molecule has 0 saturated heterocycles. The number of rotatable bonds is 11. The molecule has 0 spiro atoms. The maximum atomic E-state index is 14.1. The van der Waals surface area contributed by atoms with Crippen molar-refractivity contribution >= 4 is 17.4 Å². The molecule has 0 saturated carbocycles. The van der Waals surface area contributed by atoms with E-state index >= 15 is 0 Å². The van der Waals surface area contributed by atoms with Crippen LogP contribution in [0.3, 0.4) is 0 Å². The third-order valence-corrected chi connectivity index (χ3v) is 5.46. The van der Waals surface area contributed by atoms with E-state index in [1.807, 2.05) is 0 Å². The van der Waals surface area contributed by atoms with Crippen molar-refractivity contribution in [3.05, 3.63) is 89.5 Å². The fourth-order valence-electron chi connectivity index (χ4n) is 3.64. The largest absolute Gasteiger partial charge is 0.456 e. The van der Waals surface area contributed by atoms with Crippen LogP contribution < -0.4 is 10.1 Å². The lowest BCUT2D eigenvalue weighted by atomic mass is 9.97. The Bertz CT molecular complexity index is 1130. The molecule has 0 radical (unpaired) electrons. The summed E-state index contributed by atoms with van der Waals surface area (Å²) in [6.07, 6.45) is -0.279. The van der Waals surface area contributed by atoms with Crippen LogP contribution >= 0.6 is 0 Å². The normalized spacial score (nSPS) is 11.2. The van der Waals surface area contributed by atoms with Crippen molar-refractivity contribution in [1.29, 1.82) is 0 Å². The molecule has 0 heterocycles. The minimum Gasteiger partial charge on any atom is -0.456 e. The number of carbonyl (C=O) groups excluding carboxylic acids is 2. The van der Waals surface area contributed by atoms with Gasteiger partial charge in [0.05, 0.1) is 11.1 Å². The number of alkyl halides is 3. The monoisotopic (exact) mass is 483 g/mol. The maximum Gasteiger partial charge on any atom is 0.420 e. The summed E-state index contributed by atoms with van der Waals surface area (Å²) in [5, 5.41) is 2.60. The highest BCUT2D eigenvalue weighted by Gasteiger charge is 2.38. The SMILES string of the molecule is CCCCCCCC(=O)c1cc(C(=O)Nc2ccccc2)c(Oc2ccccc2)c(C(F)(F)F)c1. The first-order valence-electron chi connectivity index (χ1n) is 11.7. The highest BCUT2D eigenvalue weighted by molar-refractivity contribution is 6.08. The zero-order chi connectivity index (χ0) is 25.3. The molecule has 0 unspecified atom stereocenters. The molecule has 0 aliphatic carbocycles. The number of para-hydroxylation sites is 2. The van der Waals surface area contributed by atoms with Gasteiger partial charge in [-0.3, -0.25) is 9.59 Å². The van der Waals surface area contributed by atoms with Crippen LogP contribution in [0, 0.1) is 0 Å². The highest BCUT2D eigenvalue weighted by Crippen LogP contribution is 2.41. The van der Waals surface area contributed by atoms with Crippen molar-refractivity contribution in [2.24, 2.45) is 0 Å². The number of anilines is 1. The minimum atomic E-state index is -4.84. The summed E-state index contributed by atoms with van der Waals surface area (Å²) >= 11 is 0. The van der Waals surface area contributed by atoms with E-state index in [0.29, 0.717) is 12.1 Å². The second-order valence-electron chi connectivity index (χ2n) is 8.22. The third kappa shape index (κ3) is 7.44. The molecule has 184 valence electrons. The van der Waals surface area contributed by atoms with Gasteiger partial charge in [-0.25, -0.2) is 0 Å². The standard InChI is InChI=1S/C28H28F3NO3/c1-2-3-4-5-12-17-25(33)20-18-23(27(34)32-21-13-8-6-9-14-21)26(24(19-20)28(29,30)31)35-22-15-10-7-11-16-22/h6-11,13-16,18-19H,2-5,12,17H2,1H3,(H,32,34). The average molecular weight is 484 g/mol. The van der Waals surface area contributed by atoms with Crippen LogP contribution in [-0.2, 0) is 6.18 Å². The van der Waals surface area contributed by atoms with Gasteiger partial charge >= 0.3 is 6.18 Å². The van der Waals surface area contributed by atoms with E-state index in [1.54, 1.807) is 48.5 Å². The van der Waals surface area contributed by atoms with Crippen molar-refractivity contribution in [1.82, 2.24) is 0 Å². The van der Waals surface area contributed by atoms with E-state index in [1.165, 1.54) is 18.2 Å². The number of nitrogens with one attached hydrogen (secondary N) is 1. The molecule has 0 aliphatic rings. The van der Waals surface area contributed by atoms with E-state index in [0.717, 1.165) is 31.7 Å². The van der Waals surface area contributed by atoms with E-state index in [9.17, 15) is 22.8 Å². The Kier molecular flexibility index (Phi) is 9.06. The van der Waals surface area contributed by atoms with E-state index < -0.39 is 29.2 Å². The molecule has 0 aliphatic heterocycles. The predicted molar refractivity (Wildman–Crippen MR) is 130 cm³/mol. The number of ketones is 1. The van der Waals surface area contributed by atoms with Gasteiger partial charge in [-0.2, -0.15) is 13.2 Å². The third-order valence-electron chi connectivity index (χ3n) is 5.46. The molecule has 3 aromatic rings. The van der Waals surface area contributed by atoms with Crippen LogP contribution in [0.1, 0.15) is 71.7 Å². The summed E-state index contributed by atoms with van der Waals surface area (Å²) in [6.45, 7) is 2.07. The lowest BCUT2D eigenvalue weighted by molar-refractivity contribution is -0.138. The second kappa shape index (κ2) is 12.2. The average Bonchev–Trinajstić information content (AvgIpc) is 2.84. The molecule has 3 aromatic carbocycles. The zero-order valence-electron chi connectivity index (χ0n) is 19.5. The van der Waals surface area contributed by atoms with Gasteiger partial charge in [0.1, 0.15) is 5.75 Å². The summed E-state index contributed by atoms with van der Waals surface area (Å²) in [4.78, 5) is 26.0. The first-order valence-corrected chi connectivity index (χ1v) is 11.7. The smallest absolute Gasteiger partial charge is 0.420 e. The Labute approximate surface area is 203 Å². The number of halogens is 3. The first kappa shape index (κ1) is 26.0. The van der Waals surface area contributed by atoms with Crippen LogP contribution in [0.4, 0.5) is 18.9 Å². The van der Waals surface area contributed by atoms with E-state index in [4.69, 9.17) is 4.74 Å². The molecule has 1 amide bonds. The van der Waals surface area contributed by atoms with Gasteiger partial charge in [0.15, 0.2) is 11.5 Å². The summed E-state index contributed by atoms with van der Waals surface area (Å²) in [6, 6.07) is 18.3. The number of benzene rings is 3. The molecule has 4 nitrogen and oxygen atoms in total. The zero-order valence-corrected chi connectivity index (χ0v) is 19.5. The van der Waals surface area contributed by atoms with Crippen molar-refractivity contribution in [2.75, 3.05) is 5.32 Å². The van der Waals surface area contributed by atoms with Gasteiger partial charge in [0, 0.05) is 17.7 Å². The number of carbonyl (C=O) groups is 2. The van der Waals surface area contributed by atoms with Gasteiger partial charge < -0.3 is 10.1 Å². The molecule has 3 rings (SSSR count). The van der Waals surface area contributed by atoms with Crippen molar-refractivity contribution in [3.8, 4) is 11.5 Å². The topological polar surface area (TPSA) is 55.4 Å². The molecular formula is C28H28F3NO3. The molecule has 0 bridgehead atoms. The number of hydrogen-bond donors (Lipinski definition) is 1. The molecule has 7 heteroatoms. The van der Waals surface area contributed by atoms with Gasteiger partial charge in [-0.05, 0) is 42.8 Å². The van der Waals surface area contributed by atoms with Crippen molar-refractivity contribution < 1.29 is 27.5 Å². The van der Waals surface area contributed by atoms with E-state index in [-0.39, 0.29) is 23.3 Å². The van der Waals surface area contributed by atoms with Crippen LogP contribution in [0.5, 0.6) is 11.5 Å². The Morgan fingerprint density at radius 3 is 2.11 bits per heavy atom. The Morgan fingerprint density at radius 1 is 0.857 bits per heavy atom. The highest BCUT2D eigenvalue weighted by atomic mass is 19.4. The van der Waals surface area contributed by atoms with Crippen molar-refractivity contribution in [2.45, 2.75) is 51.6 Å². The predicted octanol–water partition coefficient (Wildman–Crippen LogP) is 8.29. The minimum absolute atomic E-state index is 0.111. The summed E-state index contributed by atoms with van der Waals surface area (Å²) in [5.74, 6) is -1.74. The number of Topliss-reactive ketones (excluding diaryl/α,β-unsaturated/α-hetero) is 1. The van der Waals surface area contributed by atoms with Crippen LogP contribution in [0.2, 0.25) is 0 Å². The van der Waals surface area contributed by atoms with Crippen molar-refractivity contribution in [3.63, 3.8) is 0 Å². The summed E-state index contributed by atoms with van der Waals surface area (Å²) in [7, 11) is 0. The molecule has 1 N–H and O–H groups in total. The van der Waals surface area contributed by atoms with E-state index in [2.05, 4.69) is 12.2 Å².